The van der Waals surface area contributed by atoms with Crippen LogP contribution in [-0.2, 0) is 9.84 Å². The Morgan fingerprint density at radius 1 is 1.13 bits per heavy atom. The van der Waals surface area contributed by atoms with Gasteiger partial charge in [0.05, 0.1) is 11.5 Å². The van der Waals surface area contributed by atoms with Gasteiger partial charge in [-0.15, -0.1) is 0 Å². The molecule has 0 aliphatic heterocycles. The quantitative estimate of drug-likeness (QED) is 0.268. The molecule has 0 saturated carbocycles. The minimum atomic E-state index is -3.44. The second-order valence-electron chi connectivity index (χ2n) is 7.46. The summed E-state index contributed by atoms with van der Waals surface area (Å²) in [4.78, 5) is 12.2. The molecule has 0 spiro atoms. The Morgan fingerprint density at radius 2 is 1.71 bits per heavy atom. The predicted octanol–water partition coefficient (Wildman–Crippen LogP) is 6.81. The van der Waals surface area contributed by atoms with E-state index in [9.17, 15) is 17.6 Å². The largest absolute Gasteiger partial charge is 0.396 e. The summed E-state index contributed by atoms with van der Waals surface area (Å²) in [5.74, 6) is -0.811. The Labute approximate surface area is 235 Å². The van der Waals surface area contributed by atoms with Crippen LogP contribution in [0.1, 0.15) is 64.4 Å². The van der Waals surface area contributed by atoms with Crippen molar-refractivity contribution >= 4 is 32.9 Å². The van der Waals surface area contributed by atoms with Crippen LogP contribution in [0.25, 0.3) is 5.57 Å². The summed E-state index contributed by atoms with van der Waals surface area (Å²) < 4.78 is 36.5. The van der Waals surface area contributed by atoms with E-state index in [1.165, 1.54) is 36.4 Å². The molecular weight excluding hydrogens is 527 g/mol. The standard InChI is InChI=1S/C17H20FNO3S.C5H9ClO.C5H11N.C2H6/c1-5-13(18)8-7-12(3)15-10-9-14(23(4,21)22)11-16(15)17(20)19-6-2;1-4(3-7)5(2)6;1-3-5-6-4-2;1-2/h5,7-11H,3,6H2,1-2,4H3,(H,19,20);4,7H,2-3H2,1H3;3,5-6H,4H2,1-2H3;1-2H3/b8-7-,13-5+;;5-3+;. The van der Waals surface area contributed by atoms with E-state index in [1.807, 2.05) is 40.0 Å². The van der Waals surface area contributed by atoms with Crippen molar-refractivity contribution < 1.29 is 22.7 Å². The summed E-state index contributed by atoms with van der Waals surface area (Å²) >= 11 is 5.37. The average molecular weight is 573 g/mol. The zero-order chi connectivity index (χ0) is 30.3. The highest BCUT2D eigenvalue weighted by atomic mass is 35.5. The van der Waals surface area contributed by atoms with E-state index < -0.39 is 21.6 Å². The molecule has 38 heavy (non-hydrogen) atoms. The number of allylic oxidation sites excluding steroid dienone is 6. The zero-order valence-corrected chi connectivity index (χ0v) is 25.6. The van der Waals surface area contributed by atoms with Crippen LogP contribution in [0.5, 0.6) is 0 Å². The van der Waals surface area contributed by atoms with Gasteiger partial charge in [-0.05, 0) is 63.2 Å². The third kappa shape index (κ3) is 18.5. The molecule has 0 saturated heterocycles. The van der Waals surface area contributed by atoms with Gasteiger partial charge >= 0.3 is 0 Å². The Balaban J connectivity index is -0.000000669. The van der Waals surface area contributed by atoms with Crippen LogP contribution in [0.15, 0.2) is 77.6 Å². The normalized spacial score (nSPS) is 11.7. The number of benzene rings is 1. The first-order chi connectivity index (χ1) is 17.8. The minimum absolute atomic E-state index is 0.0293. The van der Waals surface area contributed by atoms with Crippen molar-refractivity contribution in [3.8, 4) is 0 Å². The van der Waals surface area contributed by atoms with E-state index in [0.29, 0.717) is 22.7 Å². The maximum Gasteiger partial charge on any atom is 0.251 e. The van der Waals surface area contributed by atoms with Crippen molar-refractivity contribution in [3.63, 3.8) is 0 Å². The Hall–Kier alpha value is -2.68. The number of sulfone groups is 1. The number of aliphatic hydroxyl groups is 1. The van der Waals surface area contributed by atoms with Crippen LogP contribution >= 0.6 is 11.6 Å². The Morgan fingerprint density at radius 3 is 2.05 bits per heavy atom. The number of hydrogen-bond acceptors (Lipinski definition) is 5. The topological polar surface area (TPSA) is 95.5 Å². The molecule has 0 bridgehead atoms. The molecule has 1 amide bonds. The highest BCUT2D eigenvalue weighted by Crippen LogP contribution is 2.23. The van der Waals surface area contributed by atoms with Gasteiger partial charge in [0, 0.05) is 35.9 Å². The number of carbonyl (C=O) groups is 1. The molecule has 0 heterocycles. The monoisotopic (exact) mass is 572 g/mol. The Kier molecular flexibility index (Phi) is 24.6. The van der Waals surface area contributed by atoms with Crippen LogP contribution in [0.4, 0.5) is 4.39 Å². The summed E-state index contributed by atoms with van der Waals surface area (Å²) in [6, 6.07) is 4.21. The minimum Gasteiger partial charge on any atom is -0.396 e. The fourth-order valence-corrected chi connectivity index (χ4v) is 2.89. The van der Waals surface area contributed by atoms with Gasteiger partial charge < -0.3 is 15.7 Å². The maximum absolute atomic E-state index is 13.2. The molecule has 0 radical (unpaired) electrons. The molecule has 9 heteroatoms. The van der Waals surface area contributed by atoms with E-state index in [2.05, 4.69) is 30.7 Å². The lowest BCUT2D eigenvalue weighted by Crippen LogP contribution is -2.24. The first-order valence-electron chi connectivity index (χ1n) is 12.4. The van der Waals surface area contributed by atoms with Crippen LogP contribution < -0.4 is 10.6 Å². The summed E-state index contributed by atoms with van der Waals surface area (Å²) in [7, 11) is -3.44. The van der Waals surface area contributed by atoms with Gasteiger partial charge in [0.2, 0.25) is 0 Å². The summed E-state index contributed by atoms with van der Waals surface area (Å²) in [5.41, 5.74) is 1.04. The fraction of sp³-hybridized carbons (Fsp3) is 0.414. The lowest BCUT2D eigenvalue weighted by Gasteiger charge is -2.11. The smallest absolute Gasteiger partial charge is 0.251 e. The first-order valence-corrected chi connectivity index (χ1v) is 14.7. The molecule has 1 rings (SSSR count). The van der Waals surface area contributed by atoms with Gasteiger partial charge in [-0.3, -0.25) is 4.79 Å². The summed E-state index contributed by atoms with van der Waals surface area (Å²) in [6.45, 7) is 21.9. The molecule has 1 unspecified atom stereocenters. The predicted molar refractivity (Wildman–Crippen MR) is 162 cm³/mol. The maximum atomic E-state index is 13.2. The molecule has 1 aromatic carbocycles. The number of aliphatic hydroxyl groups excluding tert-OH is 1. The molecule has 0 aliphatic carbocycles. The number of amides is 1. The molecule has 1 aromatic rings. The van der Waals surface area contributed by atoms with E-state index in [4.69, 9.17) is 16.7 Å². The molecule has 1 atom stereocenters. The van der Waals surface area contributed by atoms with Crippen LogP contribution in [0.3, 0.4) is 0 Å². The molecule has 3 N–H and O–H groups in total. The van der Waals surface area contributed by atoms with E-state index in [1.54, 1.807) is 13.8 Å². The van der Waals surface area contributed by atoms with Crippen molar-refractivity contribution in [1.82, 2.24) is 10.6 Å². The zero-order valence-electron chi connectivity index (χ0n) is 24.1. The van der Waals surface area contributed by atoms with Gasteiger partial charge in [-0.1, -0.05) is 69.8 Å². The fourth-order valence-electron chi connectivity index (χ4n) is 2.18. The highest BCUT2D eigenvalue weighted by molar-refractivity contribution is 7.90. The Bertz CT molecular complexity index is 1050. The lowest BCUT2D eigenvalue weighted by atomic mass is 9.99. The van der Waals surface area contributed by atoms with Crippen LogP contribution in [0, 0.1) is 5.92 Å². The third-order valence-corrected chi connectivity index (χ3v) is 5.85. The lowest BCUT2D eigenvalue weighted by molar-refractivity contribution is 0.0955. The highest BCUT2D eigenvalue weighted by Gasteiger charge is 2.16. The van der Waals surface area contributed by atoms with Crippen molar-refractivity contribution in [3.05, 3.63) is 83.8 Å². The molecule has 216 valence electrons. The van der Waals surface area contributed by atoms with Gasteiger partial charge in [-0.2, -0.15) is 0 Å². The number of rotatable bonds is 10. The van der Waals surface area contributed by atoms with Gasteiger partial charge in [0.15, 0.2) is 9.84 Å². The third-order valence-electron chi connectivity index (χ3n) is 4.36. The van der Waals surface area contributed by atoms with Gasteiger partial charge in [0.1, 0.15) is 5.83 Å². The SMILES string of the molecule is C/C=C/NCC.C=C(/C=C\C(F)=C/C)c1ccc(S(C)(=O)=O)cc1C(=O)NCC.C=C(Cl)C(C)CO.CC. The van der Waals surface area contributed by atoms with E-state index in [0.717, 1.165) is 12.8 Å². The van der Waals surface area contributed by atoms with Crippen molar-refractivity contribution in [2.45, 2.75) is 53.4 Å². The average Bonchev–Trinajstić information content (AvgIpc) is 2.90. The van der Waals surface area contributed by atoms with Crippen LogP contribution in [-0.4, -0.2) is 45.4 Å². The summed E-state index contributed by atoms with van der Waals surface area (Å²) in [6.07, 6.45) is 8.94. The van der Waals surface area contributed by atoms with Crippen LogP contribution in [0.2, 0.25) is 0 Å². The summed E-state index contributed by atoms with van der Waals surface area (Å²) in [5, 5.41) is 14.5. The van der Waals surface area contributed by atoms with Crippen molar-refractivity contribution in [2.24, 2.45) is 5.92 Å². The number of nitrogens with one attached hydrogen (secondary N) is 2. The molecule has 6 nitrogen and oxygen atoms in total. The molecule has 0 aromatic heterocycles. The van der Waals surface area contributed by atoms with Crippen molar-refractivity contribution in [1.29, 1.82) is 0 Å². The van der Waals surface area contributed by atoms with E-state index >= 15 is 0 Å². The second kappa shape index (κ2) is 23.4. The molecule has 0 fully saturated rings. The number of carbonyl (C=O) groups excluding carboxylic acids is 1. The second-order valence-corrected chi connectivity index (χ2v) is 9.96. The number of halogens is 2. The first kappa shape index (κ1) is 39.8. The number of hydrogen-bond donors (Lipinski definition) is 3. The van der Waals surface area contributed by atoms with E-state index in [-0.39, 0.29) is 23.0 Å². The van der Waals surface area contributed by atoms with Gasteiger partial charge in [-0.25, -0.2) is 12.8 Å². The molecular formula is C29H46ClFN2O4S. The molecule has 0 aliphatic rings. The van der Waals surface area contributed by atoms with Gasteiger partial charge in [0.25, 0.3) is 5.91 Å². The van der Waals surface area contributed by atoms with Crippen molar-refractivity contribution in [2.75, 3.05) is 26.0 Å².